The van der Waals surface area contributed by atoms with Gasteiger partial charge in [0.2, 0.25) is 0 Å². The number of rotatable bonds is 2. The maximum absolute atomic E-state index is 10.4. The smallest absolute Gasteiger partial charge is 0.138 e. The summed E-state index contributed by atoms with van der Waals surface area (Å²) in [5.41, 5.74) is 0.967. The highest BCUT2D eigenvalue weighted by molar-refractivity contribution is 9.10. The van der Waals surface area contributed by atoms with E-state index in [0.29, 0.717) is 0 Å². The summed E-state index contributed by atoms with van der Waals surface area (Å²) in [7, 11) is 3.25. The zero-order valence-electron chi connectivity index (χ0n) is 8.04. The van der Waals surface area contributed by atoms with E-state index in [4.69, 9.17) is 0 Å². The van der Waals surface area contributed by atoms with E-state index in [0.717, 1.165) is 16.3 Å². The largest absolute Gasteiger partial charge is 0.388 e. The van der Waals surface area contributed by atoms with E-state index in [9.17, 15) is 4.79 Å². The molecule has 1 rings (SSSR count). The molecule has 0 fully saturated rings. The van der Waals surface area contributed by atoms with E-state index in [2.05, 4.69) is 36.6 Å². The van der Waals surface area contributed by atoms with Crippen LogP contribution in [0.25, 0.3) is 0 Å². The molecule has 1 aromatic rings. The summed E-state index contributed by atoms with van der Waals surface area (Å²) in [4.78, 5) is 10.2. The SMILES string of the molecule is COC.O=CC(Br)c1cccc(Br)c1. The summed E-state index contributed by atoms with van der Waals surface area (Å²) >= 11 is 6.55. The summed E-state index contributed by atoms with van der Waals surface area (Å²) in [5.74, 6) is 0. The molecule has 0 spiro atoms. The van der Waals surface area contributed by atoms with Gasteiger partial charge in [-0.2, -0.15) is 0 Å². The lowest BCUT2D eigenvalue weighted by molar-refractivity contribution is -0.107. The fourth-order valence-corrected chi connectivity index (χ4v) is 1.46. The Morgan fingerprint density at radius 1 is 1.43 bits per heavy atom. The fraction of sp³-hybridized carbons (Fsp3) is 0.300. The summed E-state index contributed by atoms with van der Waals surface area (Å²) in [6, 6.07) is 7.64. The van der Waals surface area contributed by atoms with Crippen LogP contribution in [0.2, 0.25) is 0 Å². The molecule has 0 aliphatic heterocycles. The van der Waals surface area contributed by atoms with Crippen LogP contribution in [-0.2, 0) is 9.53 Å². The highest BCUT2D eigenvalue weighted by Gasteiger charge is 2.04. The molecule has 78 valence electrons. The molecule has 0 amide bonds. The molecule has 0 saturated carbocycles. The third-order valence-corrected chi connectivity index (χ3v) is 2.52. The van der Waals surface area contributed by atoms with Crippen LogP contribution >= 0.6 is 31.9 Å². The van der Waals surface area contributed by atoms with E-state index in [1.807, 2.05) is 24.3 Å². The Morgan fingerprint density at radius 2 is 2.00 bits per heavy atom. The number of aldehydes is 1. The third kappa shape index (κ3) is 5.52. The Morgan fingerprint density at radius 3 is 2.43 bits per heavy atom. The second kappa shape index (κ2) is 8.15. The zero-order valence-corrected chi connectivity index (χ0v) is 11.2. The molecule has 1 unspecified atom stereocenters. The van der Waals surface area contributed by atoms with E-state index >= 15 is 0 Å². The van der Waals surface area contributed by atoms with Crippen molar-refractivity contribution in [1.29, 1.82) is 0 Å². The molecule has 0 saturated heterocycles. The predicted octanol–water partition coefficient (Wildman–Crippen LogP) is 3.35. The quantitative estimate of drug-likeness (QED) is 0.616. The molecule has 4 heteroatoms. The number of hydrogen-bond acceptors (Lipinski definition) is 2. The van der Waals surface area contributed by atoms with Crippen molar-refractivity contribution < 1.29 is 9.53 Å². The number of ether oxygens (including phenoxy) is 1. The molecule has 0 heterocycles. The summed E-state index contributed by atoms with van der Waals surface area (Å²) in [5, 5.41) is 0. The Bertz CT molecular complexity index is 277. The fourth-order valence-electron chi connectivity index (χ4n) is 0.757. The van der Waals surface area contributed by atoms with Gasteiger partial charge in [0.1, 0.15) is 6.29 Å². The van der Waals surface area contributed by atoms with Crippen molar-refractivity contribution in [3.05, 3.63) is 34.3 Å². The third-order valence-electron chi connectivity index (χ3n) is 1.29. The average Bonchev–Trinajstić information content (AvgIpc) is 2.18. The van der Waals surface area contributed by atoms with Gasteiger partial charge in [0.25, 0.3) is 0 Å². The van der Waals surface area contributed by atoms with Crippen LogP contribution in [0.15, 0.2) is 28.7 Å². The van der Waals surface area contributed by atoms with Crippen molar-refractivity contribution in [2.75, 3.05) is 14.2 Å². The molecule has 0 N–H and O–H groups in total. The minimum absolute atomic E-state index is 0.194. The second-order valence-electron chi connectivity index (χ2n) is 2.50. The molecule has 0 bridgehead atoms. The van der Waals surface area contributed by atoms with E-state index in [1.54, 1.807) is 14.2 Å². The number of alkyl halides is 1. The Kier molecular flexibility index (Phi) is 8.04. The first-order valence-corrected chi connectivity index (χ1v) is 5.61. The van der Waals surface area contributed by atoms with Gasteiger partial charge < -0.3 is 9.53 Å². The van der Waals surface area contributed by atoms with Gasteiger partial charge in [0.05, 0.1) is 4.83 Å². The van der Waals surface area contributed by atoms with Gasteiger partial charge in [-0.1, -0.05) is 44.0 Å². The number of hydrogen-bond donors (Lipinski definition) is 0. The monoisotopic (exact) mass is 322 g/mol. The first-order valence-electron chi connectivity index (χ1n) is 3.90. The highest BCUT2D eigenvalue weighted by Crippen LogP contribution is 2.22. The van der Waals surface area contributed by atoms with Crippen LogP contribution in [-0.4, -0.2) is 20.5 Å². The molecule has 0 radical (unpaired) electrons. The van der Waals surface area contributed by atoms with Crippen LogP contribution in [0.4, 0.5) is 0 Å². The number of halogens is 2. The van der Waals surface area contributed by atoms with Gasteiger partial charge in [0, 0.05) is 18.7 Å². The predicted molar refractivity (Wildman–Crippen MR) is 64.8 cm³/mol. The zero-order chi connectivity index (χ0) is 11.0. The van der Waals surface area contributed by atoms with Crippen molar-refractivity contribution >= 4 is 38.1 Å². The normalized spacial score (nSPS) is 11.1. The molecule has 0 aliphatic carbocycles. The maximum Gasteiger partial charge on any atom is 0.138 e. The molecular formula is C10H12Br2O2. The topological polar surface area (TPSA) is 26.3 Å². The average molecular weight is 324 g/mol. The molecular weight excluding hydrogens is 312 g/mol. The van der Waals surface area contributed by atoms with E-state index in [-0.39, 0.29) is 4.83 Å². The van der Waals surface area contributed by atoms with Gasteiger partial charge in [-0.25, -0.2) is 0 Å². The highest BCUT2D eigenvalue weighted by atomic mass is 79.9. The number of carbonyl (C=O) groups is 1. The molecule has 0 aromatic heterocycles. The second-order valence-corrected chi connectivity index (χ2v) is 4.40. The van der Waals surface area contributed by atoms with E-state index in [1.165, 1.54) is 0 Å². The van der Waals surface area contributed by atoms with Crippen LogP contribution in [0.3, 0.4) is 0 Å². The lowest BCUT2D eigenvalue weighted by Crippen LogP contribution is -1.89. The van der Waals surface area contributed by atoms with Gasteiger partial charge in [-0.05, 0) is 17.7 Å². The Hall–Kier alpha value is -0.190. The summed E-state index contributed by atoms with van der Waals surface area (Å²) in [6.45, 7) is 0. The number of benzene rings is 1. The molecule has 0 aliphatic rings. The van der Waals surface area contributed by atoms with Crippen molar-refractivity contribution in [3.63, 3.8) is 0 Å². The molecule has 1 aromatic carbocycles. The van der Waals surface area contributed by atoms with Crippen molar-refractivity contribution in [2.45, 2.75) is 4.83 Å². The first kappa shape index (κ1) is 13.8. The van der Waals surface area contributed by atoms with Crippen molar-refractivity contribution in [1.82, 2.24) is 0 Å². The summed E-state index contributed by atoms with van der Waals surface area (Å²) in [6.07, 6.45) is 0.863. The Balaban J connectivity index is 0.000000500. The lowest BCUT2D eigenvalue weighted by atomic mass is 10.2. The van der Waals surface area contributed by atoms with E-state index < -0.39 is 0 Å². The maximum atomic E-state index is 10.4. The van der Waals surface area contributed by atoms with Gasteiger partial charge in [0.15, 0.2) is 0 Å². The minimum atomic E-state index is -0.194. The van der Waals surface area contributed by atoms with Gasteiger partial charge in [-0.15, -0.1) is 0 Å². The van der Waals surface area contributed by atoms with Crippen LogP contribution in [0.5, 0.6) is 0 Å². The molecule has 1 atom stereocenters. The Labute approximate surface area is 101 Å². The lowest BCUT2D eigenvalue weighted by Gasteiger charge is -2.01. The first-order chi connectivity index (χ1) is 6.65. The van der Waals surface area contributed by atoms with Gasteiger partial charge >= 0.3 is 0 Å². The van der Waals surface area contributed by atoms with Crippen molar-refractivity contribution in [2.24, 2.45) is 0 Å². The van der Waals surface area contributed by atoms with Gasteiger partial charge in [-0.3, -0.25) is 0 Å². The summed E-state index contributed by atoms with van der Waals surface area (Å²) < 4.78 is 5.24. The van der Waals surface area contributed by atoms with Crippen LogP contribution < -0.4 is 0 Å². The number of carbonyl (C=O) groups excluding carboxylic acids is 1. The standard InChI is InChI=1S/C8H6Br2O.C2H6O/c9-7-3-1-2-6(4-7)8(10)5-11;1-3-2/h1-5,8H;1-2H3. The molecule has 14 heavy (non-hydrogen) atoms. The molecule has 2 nitrogen and oxygen atoms in total. The number of methoxy groups -OCH3 is 1. The van der Waals surface area contributed by atoms with Crippen molar-refractivity contribution in [3.8, 4) is 0 Å². The van der Waals surface area contributed by atoms with Crippen LogP contribution in [0, 0.1) is 0 Å². The van der Waals surface area contributed by atoms with Crippen LogP contribution in [0.1, 0.15) is 10.4 Å². The minimum Gasteiger partial charge on any atom is -0.388 e.